The number of rotatable bonds is 0. The van der Waals surface area contributed by atoms with Crippen LogP contribution < -0.4 is 0 Å². The zero-order valence-corrected chi connectivity index (χ0v) is 8.36. The van der Waals surface area contributed by atoms with Gasteiger partial charge in [0.05, 0.1) is 5.69 Å². The number of pyridine rings is 2. The van der Waals surface area contributed by atoms with E-state index in [1.165, 1.54) is 10.6 Å². The van der Waals surface area contributed by atoms with Gasteiger partial charge in [-0.15, -0.1) is 0 Å². The van der Waals surface area contributed by atoms with Gasteiger partial charge in [-0.1, -0.05) is 21.6 Å². The van der Waals surface area contributed by atoms with E-state index in [4.69, 9.17) is 0 Å². The minimum absolute atomic E-state index is 0.865. The van der Waals surface area contributed by atoms with Gasteiger partial charge < -0.3 is 0 Å². The largest absolute Gasteiger partial charge is 0.237 e. The highest BCUT2D eigenvalue weighted by Gasteiger charge is 2.14. The molecule has 4 heteroatoms. The summed E-state index contributed by atoms with van der Waals surface area (Å²) in [5, 5.41) is 1.14. The van der Waals surface area contributed by atoms with Crippen LogP contribution in [-0.4, -0.2) is 9.97 Å². The Balaban J connectivity index is 2.36. The standard InChI is InChI=1S/C9H6N2S2/c1-2-6-4-8-7(5-12-13-8)11-9(6)10-3-1/h1-4H,5H2. The fourth-order valence-electron chi connectivity index (χ4n) is 1.35. The van der Waals surface area contributed by atoms with Crippen LogP contribution in [0.15, 0.2) is 29.3 Å². The van der Waals surface area contributed by atoms with Crippen molar-refractivity contribution in [2.24, 2.45) is 0 Å². The van der Waals surface area contributed by atoms with Crippen LogP contribution in [0.25, 0.3) is 11.0 Å². The summed E-state index contributed by atoms with van der Waals surface area (Å²) in [5.74, 6) is 1.01. The molecule has 1 aliphatic rings. The molecule has 3 rings (SSSR count). The molecular weight excluding hydrogens is 200 g/mol. The smallest absolute Gasteiger partial charge is 0.159 e. The summed E-state index contributed by atoms with van der Waals surface area (Å²) in [6.07, 6.45) is 1.79. The molecule has 0 fully saturated rings. The SMILES string of the molecule is c1cnc2nc3c(cc2c1)SSC3. The molecule has 3 heterocycles. The third-order valence-corrected chi connectivity index (χ3v) is 4.26. The molecule has 1 aliphatic heterocycles. The molecule has 0 unspecified atom stereocenters. The summed E-state index contributed by atoms with van der Waals surface area (Å²) >= 11 is 0. The van der Waals surface area contributed by atoms with Crippen LogP contribution >= 0.6 is 21.6 Å². The summed E-state index contributed by atoms with van der Waals surface area (Å²) in [6.45, 7) is 0. The van der Waals surface area contributed by atoms with E-state index in [0.29, 0.717) is 0 Å². The average Bonchev–Trinajstić information content (AvgIpc) is 2.61. The first-order chi connectivity index (χ1) is 6.43. The number of hydrogen-bond acceptors (Lipinski definition) is 4. The zero-order chi connectivity index (χ0) is 8.67. The zero-order valence-electron chi connectivity index (χ0n) is 6.73. The van der Waals surface area contributed by atoms with Crippen LogP contribution in [0.3, 0.4) is 0 Å². The summed E-state index contributed by atoms with van der Waals surface area (Å²) in [6, 6.07) is 6.18. The summed E-state index contributed by atoms with van der Waals surface area (Å²) in [7, 11) is 3.65. The van der Waals surface area contributed by atoms with Gasteiger partial charge in [0, 0.05) is 22.2 Å². The van der Waals surface area contributed by atoms with E-state index < -0.39 is 0 Å². The van der Waals surface area contributed by atoms with E-state index in [-0.39, 0.29) is 0 Å². The minimum atomic E-state index is 0.865. The lowest BCUT2D eigenvalue weighted by atomic mass is 10.2. The van der Waals surface area contributed by atoms with Gasteiger partial charge in [-0.05, 0) is 18.2 Å². The van der Waals surface area contributed by atoms with E-state index in [9.17, 15) is 0 Å². The van der Waals surface area contributed by atoms with Crippen molar-refractivity contribution in [3.8, 4) is 0 Å². The Hall–Kier alpha value is -0.740. The Kier molecular flexibility index (Phi) is 1.70. The van der Waals surface area contributed by atoms with Crippen LogP contribution in [0.1, 0.15) is 5.69 Å². The van der Waals surface area contributed by atoms with E-state index in [1.54, 1.807) is 6.20 Å². The van der Waals surface area contributed by atoms with Gasteiger partial charge >= 0.3 is 0 Å². The molecule has 2 aromatic rings. The molecule has 2 aromatic heterocycles. The van der Waals surface area contributed by atoms with Crippen LogP contribution in [0.2, 0.25) is 0 Å². The molecule has 0 radical (unpaired) electrons. The fraction of sp³-hybridized carbons (Fsp3) is 0.111. The van der Waals surface area contributed by atoms with Crippen molar-refractivity contribution in [2.75, 3.05) is 0 Å². The highest BCUT2D eigenvalue weighted by atomic mass is 33.1. The maximum absolute atomic E-state index is 4.50. The summed E-state index contributed by atoms with van der Waals surface area (Å²) in [5.41, 5.74) is 2.05. The van der Waals surface area contributed by atoms with Crippen molar-refractivity contribution < 1.29 is 0 Å². The van der Waals surface area contributed by atoms with Crippen molar-refractivity contribution in [1.82, 2.24) is 9.97 Å². The first-order valence-electron chi connectivity index (χ1n) is 3.97. The topological polar surface area (TPSA) is 25.8 Å². The van der Waals surface area contributed by atoms with Crippen molar-refractivity contribution >= 4 is 32.6 Å². The van der Waals surface area contributed by atoms with Crippen molar-refractivity contribution in [3.05, 3.63) is 30.1 Å². The quantitative estimate of drug-likeness (QED) is 0.619. The third-order valence-electron chi connectivity index (χ3n) is 1.97. The van der Waals surface area contributed by atoms with Gasteiger partial charge in [0.15, 0.2) is 5.65 Å². The van der Waals surface area contributed by atoms with E-state index in [1.807, 2.05) is 27.7 Å². The maximum atomic E-state index is 4.50. The number of hydrogen-bond donors (Lipinski definition) is 0. The monoisotopic (exact) mass is 206 g/mol. The second kappa shape index (κ2) is 2.89. The average molecular weight is 206 g/mol. The van der Waals surface area contributed by atoms with Crippen molar-refractivity contribution in [1.29, 1.82) is 0 Å². The molecule has 0 amide bonds. The normalized spacial score (nSPS) is 14.8. The number of aromatic nitrogens is 2. The Labute approximate surface area is 83.6 Å². The Morgan fingerprint density at radius 2 is 2.38 bits per heavy atom. The molecular formula is C9H6N2S2. The highest BCUT2D eigenvalue weighted by Crippen LogP contribution is 2.43. The second-order valence-corrected chi connectivity index (χ2v) is 5.17. The molecule has 2 nitrogen and oxygen atoms in total. The van der Waals surface area contributed by atoms with Crippen LogP contribution in [0.5, 0.6) is 0 Å². The lowest BCUT2D eigenvalue weighted by Crippen LogP contribution is -1.88. The third kappa shape index (κ3) is 1.21. The lowest BCUT2D eigenvalue weighted by molar-refractivity contribution is 1.12. The number of nitrogens with zero attached hydrogens (tertiary/aromatic N) is 2. The van der Waals surface area contributed by atoms with E-state index >= 15 is 0 Å². The van der Waals surface area contributed by atoms with Crippen molar-refractivity contribution in [3.63, 3.8) is 0 Å². The first kappa shape index (κ1) is 7.64. The molecule has 13 heavy (non-hydrogen) atoms. The van der Waals surface area contributed by atoms with E-state index in [0.717, 1.165) is 16.8 Å². The molecule has 0 spiro atoms. The van der Waals surface area contributed by atoms with Gasteiger partial charge in [0.2, 0.25) is 0 Å². The Bertz CT molecular complexity index is 428. The van der Waals surface area contributed by atoms with Crippen LogP contribution in [0, 0.1) is 0 Å². The summed E-state index contributed by atoms with van der Waals surface area (Å²) in [4.78, 5) is 10.0. The predicted octanol–water partition coefficient (Wildman–Crippen LogP) is 2.88. The molecule has 0 saturated heterocycles. The molecule has 0 saturated carbocycles. The summed E-state index contributed by atoms with van der Waals surface area (Å²) < 4.78 is 0. The van der Waals surface area contributed by atoms with Crippen LogP contribution in [0.4, 0.5) is 0 Å². The molecule has 0 aliphatic carbocycles. The van der Waals surface area contributed by atoms with Crippen LogP contribution in [-0.2, 0) is 5.75 Å². The van der Waals surface area contributed by atoms with Gasteiger partial charge in [0.25, 0.3) is 0 Å². The van der Waals surface area contributed by atoms with Gasteiger partial charge in [-0.3, -0.25) is 0 Å². The molecule has 0 atom stereocenters. The molecule has 0 N–H and O–H groups in total. The van der Waals surface area contributed by atoms with Gasteiger partial charge in [-0.25, -0.2) is 9.97 Å². The predicted molar refractivity (Wildman–Crippen MR) is 56.7 cm³/mol. The van der Waals surface area contributed by atoms with E-state index in [2.05, 4.69) is 22.1 Å². The number of fused-ring (bicyclic) bond motifs is 2. The lowest BCUT2D eigenvalue weighted by Gasteiger charge is -1.98. The molecule has 0 aromatic carbocycles. The Morgan fingerprint density at radius 3 is 3.38 bits per heavy atom. The second-order valence-electron chi connectivity index (χ2n) is 2.83. The Morgan fingerprint density at radius 1 is 1.38 bits per heavy atom. The maximum Gasteiger partial charge on any atom is 0.159 e. The molecule has 0 bridgehead atoms. The minimum Gasteiger partial charge on any atom is -0.237 e. The van der Waals surface area contributed by atoms with Gasteiger partial charge in [0.1, 0.15) is 0 Å². The van der Waals surface area contributed by atoms with Gasteiger partial charge in [-0.2, -0.15) is 0 Å². The molecule has 64 valence electrons. The highest BCUT2D eigenvalue weighted by molar-refractivity contribution is 8.76. The first-order valence-corrected chi connectivity index (χ1v) is 6.29. The fourth-order valence-corrected chi connectivity index (χ4v) is 3.67. The van der Waals surface area contributed by atoms with Crippen molar-refractivity contribution in [2.45, 2.75) is 10.6 Å².